The molecule has 0 aliphatic heterocycles. The molecule has 116 valence electrons. The van der Waals surface area contributed by atoms with Crippen LogP contribution in [-0.4, -0.2) is 52.1 Å². The molecule has 9 nitrogen and oxygen atoms in total. The molecule has 5 N–H and O–H groups in total. The number of aromatic nitrogens is 2. The number of carboxylic acids is 1. The lowest BCUT2D eigenvalue weighted by Gasteiger charge is -2.14. The van der Waals surface area contributed by atoms with Crippen molar-refractivity contribution >= 4 is 17.9 Å². The number of urea groups is 1. The van der Waals surface area contributed by atoms with Crippen molar-refractivity contribution in [2.24, 2.45) is 0 Å². The summed E-state index contributed by atoms with van der Waals surface area (Å²) in [6, 6.07) is -1.82. The molecule has 1 aromatic rings. The van der Waals surface area contributed by atoms with Crippen LogP contribution >= 0.6 is 0 Å². The molecular weight excluding hydrogens is 278 g/mol. The molecule has 1 rings (SSSR count). The van der Waals surface area contributed by atoms with Crippen molar-refractivity contribution in [3.8, 4) is 0 Å². The van der Waals surface area contributed by atoms with Crippen molar-refractivity contribution < 1.29 is 19.5 Å². The first kappa shape index (κ1) is 16.5. The van der Waals surface area contributed by atoms with Crippen LogP contribution in [-0.2, 0) is 16.0 Å². The lowest BCUT2D eigenvalue weighted by molar-refractivity contribution is -0.139. The van der Waals surface area contributed by atoms with Gasteiger partial charge in [-0.1, -0.05) is 6.92 Å². The Morgan fingerprint density at radius 3 is 2.71 bits per heavy atom. The topological polar surface area (TPSA) is 136 Å². The zero-order chi connectivity index (χ0) is 15.7. The van der Waals surface area contributed by atoms with E-state index >= 15 is 0 Å². The van der Waals surface area contributed by atoms with Crippen LogP contribution in [0.5, 0.6) is 0 Å². The molecule has 0 saturated carbocycles. The number of carbonyl (C=O) groups is 3. The maximum atomic E-state index is 11.6. The minimum Gasteiger partial charge on any atom is -0.480 e. The summed E-state index contributed by atoms with van der Waals surface area (Å²) in [6.45, 7) is 2.23. The van der Waals surface area contributed by atoms with Gasteiger partial charge in [0.1, 0.15) is 6.04 Å². The molecule has 0 bridgehead atoms. The van der Waals surface area contributed by atoms with E-state index in [4.69, 9.17) is 5.11 Å². The van der Waals surface area contributed by atoms with E-state index in [0.717, 1.165) is 6.42 Å². The Morgan fingerprint density at radius 2 is 2.14 bits per heavy atom. The van der Waals surface area contributed by atoms with Gasteiger partial charge < -0.3 is 26.0 Å². The Labute approximate surface area is 121 Å². The summed E-state index contributed by atoms with van der Waals surface area (Å²) >= 11 is 0. The van der Waals surface area contributed by atoms with E-state index < -0.39 is 18.0 Å². The summed E-state index contributed by atoms with van der Waals surface area (Å²) in [5, 5.41) is 16.2. The fourth-order valence-corrected chi connectivity index (χ4v) is 1.51. The number of aliphatic carboxylic acids is 1. The highest BCUT2D eigenvalue weighted by molar-refractivity contribution is 5.86. The van der Waals surface area contributed by atoms with Gasteiger partial charge in [0.05, 0.1) is 12.9 Å². The molecule has 1 aromatic heterocycles. The first-order valence-corrected chi connectivity index (χ1v) is 6.54. The van der Waals surface area contributed by atoms with Gasteiger partial charge in [-0.25, -0.2) is 14.6 Å². The fraction of sp³-hybridized carbons (Fsp3) is 0.500. The van der Waals surface area contributed by atoms with Crippen LogP contribution in [0, 0.1) is 0 Å². The molecule has 0 aliphatic rings. The molecule has 0 aromatic carbocycles. The van der Waals surface area contributed by atoms with Gasteiger partial charge in [0, 0.05) is 24.9 Å². The van der Waals surface area contributed by atoms with E-state index in [1.807, 2.05) is 6.92 Å². The first-order chi connectivity index (χ1) is 10.0. The third kappa shape index (κ3) is 6.41. The van der Waals surface area contributed by atoms with E-state index in [-0.39, 0.29) is 18.9 Å². The second kappa shape index (κ2) is 8.56. The molecule has 0 saturated heterocycles. The maximum Gasteiger partial charge on any atom is 0.326 e. The number of nitrogens with one attached hydrogen (secondary N) is 4. The Morgan fingerprint density at radius 1 is 1.38 bits per heavy atom. The van der Waals surface area contributed by atoms with Crippen molar-refractivity contribution in [2.75, 3.05) is 13.1 Å². The molecule has 21 heavy (non-hydrogen) atoms. The monoisotopic (exact) mass is 297 g/mol. The van der Waals surface area contributed by atoms with Crippen LogP contribution < -0.4 is 16.0 Å². The number of carboxylic acid groups (broad SMARTS) is 1. The average molecular weight is 297 g/mol. The SMILES string of the molecule is CCCNC(=O)CNC(=O)N[C@@H](Cc1cnc[nH]1)C(=O)O. The summed E-state index contributed by atoms with van der Waals surface area (Å²) in [5.74, 6) is -1.50. The number of H-pyrrole nitrogens is 1. The lowest BCUT2D eigenvalue weighted by atomic mass is 10.2. The van der Waals surface area contributed by atoms with Crippen LogP contribution in [0.25, 0.3) is 0 Å². The van der Waals surface area contributed by atoms with E-state index in [1.165, 1.54) is 12.5 Å². The standard InChI is InChI=1S/C12H19N5O4/c1-2-3-14-10(18)6-15-12(21)17-9(11(19)20)4-8-5-13-7-16-8/h5,7,9H,2-4,6H2,1H3,(H,13,16)(H,14,18)(H,19,20)(H2,15,17,21)/t9-/m0/s1. The van der Waals surface area contributed by atoms with Crippen molar-refractivity contribution in [1.82, 2.24) is 25.9 Å². The zero-order valence-electron chi connectivity index (χ0n) is 11.7. The van der Waals surface area contributed by atoms with Crippen molar-refractivity contribution in [3.63, 3.8) is 0 Å². The number of rotatable bonds is 8. The number of imidazole rings is 1. The summed E-state index contributed by atoms with van der Waals surface area (Å²) in [4.78, 5) is 40.5. The van der Waals surface area contributed by atoms with E-state index in [1.54, 1.807) is 0 Å². The number of hydrogen-bond donors (Lipinski definition) is 5. The number of amides is 3. The van der Waals surface area contributed by atoms with Gasteiger partial charge in [0.25, 0.3) is 0 Å². The highest BCUT2D eigenvalue weighted by Gasteiger charge is 2.21. The number of aromatic amines is 1. The number of carbonyl (C=O) groups excluding carboxylic acids is 2. The van der Waals surface area contributed by atoms with E-state index in [0.29, 0.717) is 12.2 Å². The Kier molecular flexibility index (Phi) is 6.72. The summed E-state index contributed by atoms with van der Waals surface area (Å²) < 4.78 is 0. The molecule has 0 aliphatic carbocycles. The number of nitrogens with zero attached hydrogens (tertiary/aromatic N) is 1. The van der Waals surface area contributed by atoms with Gasteiger partial charge in [0.15, 0.2) is 0 Å². The van der Waals surface area contributed by atoms with Crippen LogP contribution in [0.1, 0.15) is 19.0 Å². The first-order valence-electron chi connectivity index (χ1n) is 6.54. The smallest absolute Gasteiger partial charge is 0.326 e. The van der Waals surface area contributed by atoms with Crippen molar-refractivity contribution in [1.29, 1.82) is 0 Å². The Balaban J connectivity index is 2.39. The highest BCUT2D eigenvalue weighted by atomic mass is 16.4. The zero-order valence-corrected chi connectivity index (χ0v) is 11.7. The highest BCUT2D eigenvalue weighted by Crippen LogP contribution is 1.98. The molecule has 3 amide bonds. The van der Waals surface area contributed by atoms with Gasteiger partial charge in [-0.05, 0) is 6.42 Å². The molecule has 0 radical (unpaired) electrons. The number of hydrogen-bond acceptors (Lipinski definition) is 4. The van der Waals surface area contributed by atoms with Crippen LogP contribution in [0.4, 0.5) is 4.79 Å². The largest absolute Gasteiger partial charge is 0.480 e. The second-order valence-corrected chi connectivity index (χ2v) is 4.35. The van der Waals surface area contributed by atoms with Crippen LogP contribution in [0.2, 0.25) is 0 Å². The summed E-state index contributed by atoms with van der Waals surface area (Å²) in [6.07, 6.45) is 3.77. The summed E-state index contributed by atoms with van der Waals surface area (Å²) in [7, 11) is 0. The normalized spacial score (nSPS) is 11.5. The van der Waals surface area contributed by atoms with Gasteiger partial charge in [-0.2, -0.15) is 0 Å². The minimum absolute atomic E-state index is 0.0742. The Hall–Kier alpha value is -2.58. The predicted molar refractivity (Wildman–Crippen MR) is 73.6 cm³/mol. The molecule has 0 unspecified atom stereocenters. The van der Waals surface area contributed by atoms with Gasteiger partial charge in [0.2, 0.25) is 5.91 Å². The second-order valence-electron chi connectivity index (χ2n) is 4.35. The predicted octanol–water partition coefficient (Wildman–Crippen LogP) is -0.769. The van der Waals surface area contributed by atoms with Gasteiger partial charge >= 0.3 is 12.0 Å². The maximum absolute atomic E-state index is 11.6. The van der Waals surface area contributed by atoms with Gasteiger partial charge in [-0.3, -0.25) is 4.79 Å². The fourth-order valence-electron chi connectivity index (χ4n) is 1.51. The average Bonchev–Trinajstić information content (AvgIpc) is 2.95. The molecule has 0 fully saturated rings. The van der Waals surface area contributed by atoms with Crippen LogP contribution in [0.15, 0.2) is 12.5 Å². The third-order valence-electron chi connectivity index (χ3n) is 2.56. The molecule has 1 heterocycles. The van der Waals surface area contributed by atoms with Crippen LogP contribution in [0.3, 0.4) is 0 Å². The van der Waals surface area contributed by atoms with Crippen molar-refractivity contribution in [2.45, 2.75) is 25.8 Å². The summed E-state index contributed by atoms with van der Waals surface area (Å²) in [5.41, 5.74) is 0.586. The lowest BCUT2D eigenvalue weighted by Crippen LogP contribution is -2.49. The van der Waals surface area contributed by atoms with E-state index in [2.05, 4.69) is 25.9 Å². The van der Waals surface area contributed by atoms with E-state index in [9.17, 15) is 14.4 Å². The van der Waals surface area contributed by atoms with Crippen molar-refractivity contribution in [3.05, 3.63) is 18.2 Å². The minimum atomic E-state index is -1.17. The van der Waals surface area contributed by atoms with Gasteiger partial charge in [-0.15, -0.1) is 0 Å². The molecule has 1 atom stereocenters. The quantitative estimate of drug-likeness (QED) is 0.429. The third-order valence-corrected chi connectivity index (χ3v) is 2.56. The molecule has 9 heteroatoms. The molecule has 0 spiro atoms. The molecular formula is C12H19N5O4. The Bertz CT molecular complexity index is 474.